The van der Waals surface area contributed by atoms with E-state index in [-0.39, 0.29) is 0 Å². The van der Waals surface area contributed by atoms with Crippen molar-refractivity contribution in [3.8, 4) is 0 Å². The molecule has 1 heterocycles. The third-order valence-electron chi connectivity index (χ3n) is 2.93. The summed E-state index contributed by atoms with van der Waals surface area (Å²) in [7, 11) is 2.07. The minimum atomic E-state index is 0.323. The summed E-state index contributed by atoms with van der Waals surface area (Å²) >= 11 is 0. The Hall–Kier alpha value is -1.83. The van der Waals surface area contributed by atoms with Crippen molar-refractivity contribution < 1.29 is 0 Å². The molecule has 1 aromatic carbocycles. The number of nitrogens with zero attached hydrogens (tertiary/aromatic N) is 2. The molecule has 2 nitrogen and oxygen atoms in total. The van der Waals surface area contributed by atoms with Crippen molar-refractivity contribution in [1.82, 2.24) is 9.55 Å². The fourth-order valence-electron chi connectivity index (χ4n) is 2.00. The van der Waals surface area contributed by atoms with Crippen LogP contribution in [0.4, 0.5) is 0 Å². The maximum absolute atomic E-state index is 4.68. The van der Waals surface area contributed by atoms with Crippen LogP contribution in [0.5, 0.6) is 0 Å². The van der Waals surface area contributed by atoms with Crippen LogP contribution < -0.4 is 0 Å². The van der Waals surface area contributed by atoms with Gasteiger partial charge in [-0.15, -0.1) is 0 Å². The van der Waals surface area contributed by atoms with E-state index >= 15 is 0 Å². The van der Waals surface area contributed by atoms with E-state index < -0.39 is 0 Å². The molecule has 0 spiro atoms. The van der Waals surface area contributed by atoms with Gasteiger partial charge < -0.3 is 4.57 Å². The molecule has 2 rings (SSSR count). The Morgan fingerprint density at radius 3 is 2.71 bits per heavy atom. The van der Waals surface area contributed by atoms with Crippen molar-refractivity contribution >= 4 is 11.0 Å². The van der Waals surface area contributed by atoms with Gasteiger partial charge in [-0.25, -0.2) is 4.98 Å². The Labute approximate surface area is 102 Å². The topological polar surface area (TPSA) is 17.8 Å². The molecule has 17 heavy (non-hydrogen) atoms. The number of imidazole rings is 1. The minimum absolute atomic E-state index is 0.323. The molecule has 0 N–H and O–H groups in total. The average Bonchev–Trinajstić information content (AvgIpc) is 2.68. The van der Waals surface area contributed by atoms with Gasteiger partial charge in [0, 0.05) is 13.0 Å². The first kappa shape index (κ1) is 11.6. The standard InChI is InChI=1S/C15H18N2/c1-4-5-6-9-12(2)15-16-13-10-7-8-11-14(13)17(15)3/h4-12H,1-3H3/b5-4-,9-6-. The van der Waals surface area contributed by atoms with Crippen molar-refractivity contribution in [2.24, 2.45) is 7.05 Å². The molecule has 1 aromatic heterocycles. The fourth-order valence-corrected chi connectivity index (χ4v) is 2.00. The molecule has 0 bridgehead atoms. The predicted octanol–water partition coefficient (Wildman–Crippen LogP) is 3.81. The van der Waals surface area contributed by atoms with E-state index in [0.29, 0.717) is 5.92 Å². The number of aromatic nitrogens is 2. The SMILES string of the molecule is C/C=C\C=C/C(C)c1nc2ccccc2n1C. The van der Waals surface area contributed by atoms with Gasteiger partial charge in [0.15, 0.2) is 0 Å². The molecule has 88 valence electrons. The van der Waals surface area contributed by atoms with E-state index in [4.69, 9.17) is 0 Å². The molecule has 0 aliphatic carbocycles. The zero-order valence-electron chi connectivity index (χ0n) is 10.6. The molecule has 1 atom stereocenters. The summed E-state index contributed by atoms with van der Waals surface area (Å²) < 4.78 is 2.17. The maximum atomic E-state index is 4.68. The van der Waals surface area contributed by atoms with Crippen LogP contribution in [-0.2, 0) is 7.05 Å². The summed E-state index contributed by atoms with van der Waals surface area (Å²) in [4.78, 5) is 4.68. The minimum Gasteiger partial charge on any atom is -0.331 e. The number of aryl methyl sites for hydroxylation is 1. The molecule has 0 aliphatic heterocycles. The van der Waals surface area contributed by atoms with Crippen LogP contribution in [0.2, 0.25) is 0 Å². The number of rotatable bonds is 3. The summed E-state index contributed by atoms with van der Waals surface area (Å²) in [5.41, 5.74) is 2.25. The van der Waals surface area contributed by atoms with E-state index in [1.165, 1.54) is 5.52 Å². The molecule has 2 aromatic rings. The number of hydrogen-bond donors (Lipinski definition) is 0. The van der Waals surface area contributed by atoms with Crippen LogP contribution in [0.15, 0.2) is 48.6 Å². The number of hydrogen-bond acceptors (Lipinski definition) is 1. The second-order valence-corrected chi connectivity index (χ2v) is 4.22. The van der Waals surface area contributed by atoms with E-state index in [1.54, 1.807) is 0 Å². The second kappa shape index (κ2) is 5.00. The van der Waals surface area contributed by atoms with Crippen molar-refractivity contribution in [3.63, 3.8) is 0 Å². The first-order valence-corrected chi connectivity index (χ1v) is 5.95. The molecule has 0 fully saturated rings. The summed E-state index contributed by atoms with van der Waals surface area (Å²) in [6.07, 6.45) is 8.31. The quantitative estimate of drug-likeness (QED) is 0.728. The van der Waals surface area contributed by atoms with Crippen LogP contribution in [0.3, 0.4) is 0 Å². The largest absolute Gasteiger partial charge is 0.331 e. The lowest BCUT2D eigenvalue weighted by molar-refractivity contribution is 0.770. The van der Waals surface area contributed by atoms with Crippen molar-refractivity contribution in [2.45, 2.75) is 19.8 Å². The van der Waals surface area contributed by atoms with E-state index in [1.807, 2.05) is 31.2 Å². The van der Waals surface area contributed by atoms with Crippen molar-refractivity contribution in [3.05, 3.63) is 54.4 Å². The van der Waals surface area contributed by atoms with E-state index in [2.05, 4.69) is 47.8 Å². The van der Waals surface area contributed by atoms with Gasteiger partial charge in [-0.3, -0.25) is 0 Å². The zero-order valence-corrected chi connectivity index (χ0v) is 10.6. The van der Waals surface area contributed by atoms with Gasteiger partial charge in [0.2, 0.25) is 0 Å². The average molecular weight is 226 g/mol. The molecule has 0 amide bonds. The lowest BCUT2D eigenvalue weighted by atomic mass is 10.1. The Morgan fingerprint density at radius 1 is 1.24 bits per heavy atom. The van der Waals surface area contributed by atoms with Crippen molar-refractivity contribution in [2.75, 3.05) is 0 Å². The number of para-hydroxylation sites is 2. The first-order chi connectivity index (χ1) is 8.24. The van der Waals surface area contributed by atoms with Crippen LogP contribution in [0.1, 0.15) is 25.6 Å². The highest BCUT2D eigenvalue weighted by Gasteiger charge is 2.11. The van der Waals surface area contributed by atoms with Gasteiger partial charge in [-0.1, -0.05) is 43.4 Å². The molecule has 1 unspecified atom stereocenters. The summed E-state index contributed by atoms with van der Waals surface area (Å²) in [5, 5.41) is 0. The van der Waals surface area contributed by atoms with Gasteiger partial charge in [-0.05, 0) is 19.1 Å². The molecule has 0 aliphatic rings. The lowest BCUT2D eigenvalue weighted by Gasteiger charge is -2.06. The number of allylic oxidation sites excluding steroid dienone is 4. The number of benzene rings is 1. The Bertz CT molecular complexity index is 561. The van der Waals surface area contributed by atoms with Gasteiger partial charge in [0.25, 0.3) is 0 Å². The summed E-state index contributed by atoms with van der Waals surface area (Å²) in [6.45, 7) is 4.19. The van der Waals surface area contributed by atoms with E-state index in [0.717, 1.165) is 11.3 Å². The van der Waals surface area contributed by atoms with Gasteiger partial charge >= 0.3 is 0 Å². The molecular weight excluding hydrogens is 208 g/mol. The van der Waals surface area contributed by atoms with Gasteiger partial charge in [-0.2, -0.15) is 0 Å². The predicted molar refractivity (Wildman–Crippen MR) is 73.1 cm³/mol. The zero-order chi connectivity index (χ0) is 12.3. The molecule has 0 saturated carbocycles. The highest BCUT2D eigenvalue weighted by atomic mass is 15.1. The van der Waals surface area contributed by atoms with Crippen LogP contribution in [0.25, 0.3) is 11.0 Å². The van der Waals surface area contributed by atoms with Gasteiger partial charge in [0.1, 0.15) is 5.82 Å². The number of fused-ring (bicyclic) bond motifs is 1. The highest BCUT2D eigenvalue weighted by molar-refractivity contribution is 5.75. The van der Waals surface area contributed by atoms with Crippen LogP contribution >= 0.6 is 0 Å². The Morgan fingerprint density at radius 2 is 2.00 bits per heavy atom. The summed E-state index contributed by atoms with van der Waals surface area (Å²) in [5.74, 6) is 1.43. The molecule has 0 saturated heterocycles. The van der Waals surface area contributed by atoms with E-state index in [9.17, 15) is 0 Å². The third kappa shape index (κ3) is 2.31. The maximum Gasteiger partial charge on any atom is 0.116 e. The van der Waals surface area contributed by atoms with Gasteiger partial charge in [0.05, 0.1) is 11.0 Å². The van der Waals surface area contributed by atoms with Crippen LogP contribution in [0, 0.1) is 0 Å². The normalized spacial score (nSPS) is 14.1. The lowest BCUT2D eigenvalue weighted by Crippen LogP contribution is -2.00. The van der Waals surface area contributed by atoms with Crippen LogP contribution in [-0.4, -0.2) is 9.55 Å². The second-order valence-electron chi connectivity index (χ2n) is 4.22. The molecule has 2 heteroatoms. The fraction of sp³-hybridized carbons (Fsp3) is 0.267. The smallest absolute Gasteiger partial charge is 0.116 e. The monoisotopic (exact) mass is 226 g/mol. The summed E-state index contributed by atoms with van der Waals surface area (Å²) in [6, 6.07) is 8.24. The van der Waals surface area contributed by atoms with Crippen molar-refractivity contribution in [1.29, 1.82) is 0 Å². The Kier molecular flexibility index (Phi) is 3.43. The third-order valence-corrected chi connectivity index (χ3v) is 2.93. The highest BCUT2D eigenvalue weighted by Crippen LogP contribution is 2.21. The molecular formula is C15H18N2. The first-order valence-electron chi connectivity index (χ1n) is 5.95. The Balaban J connectivity index is 2.38. The molecule has 0 radical (unpaired) electrons.